The van der Waals surface area contributed by atoms with E-state index in [-0.39, 0.29) is 11.4 Å². The molecule has 1 aromatic rings. The summed E-state index contributed by atoms with van der Waals surface area (Å²) >= 11 is 0. The summed E-state index contributed by atoms with van der Waals surface area (Å²) in [4.78, 5) is 12.3. The molecular formula is C16H20O2. The molecule has 1 heterocycles. The van der Waals surface area contributed by atoms with Crippen LogP contribution in [0.2, 0.25) is 0 Å². The molecule has 0 N–H and O–H groups in total. The van der Waals surface area contributed by atoms with E-state index < -0.39 is 0 Å². The van der Waals surface area contributed by atoms with Gasteiger partial charge in [-0.05, 0) is 43.7 Å². The molecule has 1 aliphatic carbocycles. The molecule has 0 bridgehead atoms. The Morgan fingerprint density at radius 2 is 2.00 bits per heavy atom. The maximum Gasteiger partial charge on any atom is 0.170 e. The number of carbonyl (C=O) groups excluding carboxylic acids is 1. The van der Waals surface area contributed by atoms with E-state index in [2.05, 4.69) is 13.8 Å². The van der Waals surface area contributed by atoms with Crippen LogP contribution in [0.5, 0.6) is 5.75 Å². The maximum absolute atomic E-state index is 12.3. The van der Waals surface area contributed by atoms with Crippen LogP contribution in [-0.2, 0) is 0 Å². The fourth-order valence-corrected chi connectivity index (χ4v) is 3.46. The zero-order valence-corrected chi connectivity index (χ0v) is 11.4. The van der Waals surface area contributed by atoms with Gasteiger partial charge in [-0.25, -0.2) is 0 Å². The van der Waals surface area contributed by atoms with Crippen LogP contribution in [0.3, 0.4) is 0 Å². The second-order valence-corrected chi connectivity index (χ2v) is 6.73. The summed E-state index contributed by atoms with van der Waals surface area (Å²) in [5.74, 6) is 1.03. The van der Waals surface area contributed by atoms with Crippen molar-refractivity contribution in [3.63, 3.8) is 0 Å². The third-order valence-electron chi connectivity index (χ3n) is 4.30. The van der Waals surface area contributed by atoms with Gasteiger partial charge in [-0.3, -0.25) is 4.79 Å². The van der Waals surface area contributed by atoms with Gasteiger partial charge < -0.3 is 4.74 Å². The van der Waals surface area contributed by atoms with Gasteiger partial charge in [0.1, 0.15) is 11.4 Å². The number of rotatable bonds is 0. The van der Waals surface area contributed by atoms with Crippen molar-refractivity contribution in [3.8, 4) is 5.75 Å². The van der Waals surface area contributed by atoms with Crippen LogP contribution < -0.4 is 4.74 Å². The van der Waals surface area contributed by atoms with Gasteiger partial charge in [0.15, 0.2) is 5.78 Å². The van der Waals surface area contributed by atoms with Crippen molar-refractivity contribution in [2.45, 2.75) is 52.1 Å². The molecular weight excluding hydrogens is 224 g/mol. The summed E-state index contributed by atoms with van der Waals surface area (Å²) in [6.45, 7) is 6.54. The maximum atomic E-state index is 12.3. The Morgan fingerprint density at radius 1 is 1.22 bits per heavy atom. The van der Waals surface area contributed by atoms with Crippen molar-refractivity contribution in [2.75, 3.05) is 0 Å². The smallest absolute Gasteiger partial charge is 0.170 e. The average Bonchev–Trinajstić information content (AvgIpc) is 2.56. The number of hydrogen-bond acceptors (Lipinski definition) is 2. The first-order valence-corrected chi connectivity index (χ1v) is 6.72. The van der Waals surface area contributed by atoms with Crippen LogP contribution in [0.25, 0.3) is 0 Å². The zero-order valence-electron chi connectivity index (χ0n) is 11.4. The number of carbonyl (C=O) groups is 1. The zero-order chi connectivity index (χ0) is 13.0. The molecule has 1 saturated carbocycles. The minimum Gasteiger partial charge on any atom is -0.486 e. The highest BCUT2D eigenvalue weighted by molar-refractivity contribution is 6.00. The first kappa shape index (κ1) is 11.8. The molecule has 1 unspecified atom stereocenters. The molecule has 1 aromatic carbocycles. The van der Waals surface area contributed by atoms with Gasteiger partial charge in [0.05, 0.1) is 12.0 Å². The van der Waals surface area contributed by atoms with Gasteiger partial charge in [-0.1, -0.05) is 25.5 Å². The summed E-state index contributed by atoms with van der Waals surface area (Å²) < 4.78 is 6.22. The first-order chi connectivity index (χ1) is 8.39. The van der Waals surface area contributed by atoms with Crippen LogP contribution in [0.15, 0.2) is 18.2 Å². The number of fused-ring (bicyclic) bond motifs is 1. The molecule has 0 saturated heterocycles. The van der Waals surface area contributed by atoms with Gasteiger partial charge in [0, 0.05) is 0 Å². The summed E-state index contributed by atoms with van der Waals surface area (Å²) in [7, 11) is 0. The van der Waals surface area contributed by atoms with Crippen molar-refractivity contribution in [1.29, 1.82) is 0 Å². The predicted molar refractivity (Wildman–Crippen MR) is 71.1 cm³/mol. The molecule has 1 atom stereocenters. The molecule has 1 fully saturated rings. The summed E-state index contributed by atoms with van der Waals surface area (Å²) in [5.41, 5.74) is 1.95. The molecule has 0 amide bonds. The first-order valence-electron chi connectivity index (χ1n) is 6.72. The van der Waals surface area contributed by atoms with E-state index in [1.807, 2.05) is 25.1 Å². The van der Waals surface area contributed by atoms with Crippen molar-refractivity contribution in [2.24, 2.45) is 5.41 Å². The second kappa shape index (κ2) is 3.59. The van der Waals surface area contributed by atoms with Crippen molar-refractivity contribution < 1.29 is 9.53 Å². The average molecular weight is 244 g/mol. The molecule has 2 aliphatic rings. The topological polar surface area (TPSA) is 26.3 Å². The summed E-state index contributed by atoms with van der Waals surface area (Å²) in [6.07, 6.45) is 3.67. The van der Waals surface area contributed by atoms with Gasteiger partial charge >= 0.3 is 0 Å². The number of ketones is 1. The molecule has 18 heavy (non-hydrogen) atoms. The number of benzene rings is 1. The monoisotopic (exact) mass is 244 g/mol. The Bertz CT molecular complexity index is 516. The SMILES string of the molecule is Cc1ccc2c(c1)C(=O)CC1(CCC(C)(C)C1)O2. The highest BCUT2D eigenvalue weighted by atomic mass is 16.5. The Morgan fingerprint density at radius 3 is 2.67 bits per heavy atom. The quantitative estimate of drug-likeness (QED) is 0.691. The van der Waals surface area contributed by atoms with Crippen molar-refractivity contribution >= 4 is 5.78 Å². The Kier molecular flexibility index (Phi) is 2.35. The third kappa shape index (κ3) is 1.84. The Labute approximate surface area is 108 Å². The molecule has 96 valence electrons. The molecule has 1 aliphatic heterocycles. The highest BCUT2D eigenvalue weighted by Crippen LogP contribution is 2.50. The van der Waals surface area contributed by atoms with E-state index in [1.54, 1.807) is 0 Å². The summed E-state index contributed by atoms with van der Waals surface area (Å²) in [6, 6.07) is 5.92. The van der Waals surface area contributed by atoms with Crippen LogP contribution >= 0.6 is 0 Å². The van der Waals surface area contributed by atoms with Crippen LogP contribution in [-0.4, -0.2) is 11.4 Å². The number of aryl methyl sites for hydroxylation is 1. The largest absolute Gasteiger partial charge is 0.486 e. The van der Waals surface area contributed by atoms with Crippen molar-refractivity contribution in [3.05, 3.63) is 29.3 Å². The number of ether oxygens (including phenoxy) is 1. The Hall–Kier alpha value is -1.31. The highest BCUT2D eigenvalue weighted by Gasteiger charge is 2.49. The van der Waals surface area contributed by atoms with Crippen LogP contribution in [0.1, 0.15) is 55.5 Å². The lowest BCUT2D eigenvalue weighted by atomic mass is 9.84. The number of Topliss-reactive ketones (excluding diaryl/α,β-unsaturated/α-hetero) is 1. The number of hydrogen-bond donors (Lipinski definition) is 0. The normalized spacial score (nSPS) is 29.2. The van der Waals surface area contributed by atoms with Gasteiger partial charge in [-0.15, -0.1) is 0 Å². The van der Waals surface area contributed by atoms with Crippen LogP contribution in [0.4, 0.5) is 0 Å². The van der Waals surface area contributed by atoms with Crippen molar-refractivity contribution in [1.82, 2.24) is 0 Å². The molecule has 0 radical (unpaired) electrons. The standard InChI is InChI=1S/C16H20O2/c1-11-4-5-14-12(8-11)13(17)9-16(18-14)7-6-15(2,3)10-16/h4-5,8H,6-7,9-10H2,1-3H3. The van der Waals surface area contributed by atoms with E-state index in [4.69, 9.17) is 4.74 Å². The fraction of sp³-hybridized carbons (Fsp3) is 0.562. The third-order valence-corrected chi connectivity index (χ3v) is 4.30. The minimum atomic E-state index is -0.233. The molecule has 1 spiro atoms. The second-order valence-electron chi connectivity index (χ2n) is 6.73. The Balaban J connectivity index is 1.98. The van der Waals surface area contributed by atoms with Gasteiger partial charge in [0.25, 0.3) is 0 Å². The summed E-state index contributed by atoms with van der Waals surface area (Å²) in [5, 5.41) is 0. The van der Waals surface area contributed by atoms with E-state index >= 15 is 0 Å². The van der Waals surface area contributed by atoms with E-state index in [0.717, 1.165) is 36.1 Å². The van der Waals surface area contributed by atoms with E-state index in [9.17, 15) is 4.79 Å². The minimum absolute atomic E-state index is 0.233. The molecule has 2 nitrogen and oxygen atoms in total. The molecule has 3 rings (SSSR count). The fourth-order valence-electron chi connectivity index (χ4n) is 3.46. The van der Waals surface area contributed by atoms with E-state index in [1.165, 1.54) is 0 Å². The van der Waals surface area contributed by atoms with E-state index in [0.29, 0.717) is 11.8 Å². The van der Waals surface area contributed by atoms with Gasteiger partial charge in [0.2, 0.25) is 0 Å². The van der Waals surface area contributed by atoms with Crippen LogP contribution in [0, 0.1) is 12.3 Å². The lowest BCUT2D eigenvalue weighted by molar-refractivity contribution is 0.0385. The molecule has 0 aromatic heterocycles. The lowest BCUT2D eigenvalue weighted by Crippen LogP contribution is -2.40. The van der Waals surface area contributed by atoms with Gasteiger partial charge in [-0.2, -0.15) is 0 Å². The predicted octanol–water partition coefficient (Wildman–Crippen LogP) is 3.91. The lowest BCUT2D eigenvalue weighted by Gasteiger charge is -2.36. The molecule has 2 heteroatoms.